The van der Waals surface area contributed by atoms with Crippen LogP contribution in [0.5, 0.6) is 0 Å². The zero-order chi connectivity index (χ0) is 23.2. The lowest BCUT2D eigenvalue weighted by atomic mass is 10.0. The van der Waals surface area contributed by atoms with Crippen molar-refractivity contribution in [1.29, 1.82) is 0 Å². The zero-order valence-corrected chi connectivity index (χ0v) is 18.7. The van der Waals surface area contributed by atoms with Gasteiger partial charge >= 0.3 is 0 Å². The molecule has 0 saturated heterocycles. The molecule has 4 aromatic heterocycles. The van der Waals surface area contributed by atoms with Gasteiger partial charge in [-0.1, -0.05) is 78.9 Å². The summed E-state index contributed by atoms with van der Waals surface area (Å²) in [6.45, 7) is 0. The number of pyridine rings is 3. The number of nitrogens with zero attached hydrogens (tertiary/aromatic N) is 5. The lowest BCUT2D eigenvalue weighted by Gasteiger charge is -2.09. The lowest BCUT2D eigenvalue weighted by Crippen LogP contribution is -1.94. The topological polar surface area (TPSA) is 56.0 Å². The number of hydrogen-bond donors (Lipinski definition) is 0. The molecule has 0 atom stereocenters. The fourth-order valence-electron chi connectivity index (χ4n) is 4.58. The smallest absolute Gasteiger partial charge is 0.200 e. The van der Waals surface area contributed by atoms with E-state index in [-0.39, 0.29) is 0 Å². The summed E-state index contributed by atoms with van der Waals surface area (Å²) in [4.78, 5) is 14.7. The Morgan fingerprint density at radius 3 is 2.11 bits per heavy atom. The van der Waals surface area contributed by atoms with Crippen molar-refractivity contribution < 1.29 is 0 Å². The number of hydrogen-bond acceptors (Lipinski definition) is 4. The third-order valence-corrected chi connectivity index (χ3v) is 6.27. The normalized spacial score (nSPS) is 11.4. The van der Waals surface area contributed by atoms with Gasteiger partial charge in [0.15, 0.2) is 5.65 Å². The maximum absolute atomic E-state index is 4.99. The van der Waals surface area contributed by atoms with Gasteiger partial charge in [-0.25, -0.2) is 19.5 Å². The molecule has 4 heterocycles. The van der Waals surface area contributed by atoms with Crippen LogP contribution >= 0.6 is 0 Å². The Balaban J connectivity index is 1.36. The summed E-state index contributed by atoms with van der Waals surface area (Å²) >= 11 is 0. The average molecular weight is 450 g/mol. The largest absolute Gasteiger partial charge is 0.245 e. The SMILES string of the molecule is c1ccc(-c2ccc3nc(-c4cccc(-c5nc6ccccc6c6ccccc56)n4)nn3c2)cc1. The Kier molecular flexibility index (Phi) is 4.39. The molecule has 164 valence electrons. The second-order valence-corrected chi connectivity index (χ2v) is 8.45. The predicted molar refractivity (Wildman–Crippen MR) is 140 cm³/mol. The van der Waals surface area contributed by atoms with Crippen LogP contribution in [0.25, 0.3) is 61.4 Å². The fraction of sp³-hybridized carbons (Fsp3) is 0. The van der Waals surface area contributed by atoms with Crippen molar-refractivity contribution in [3.63, 3.8) is 0 Å². The van der Waals surface area contributed by atoms with E-state index >= 15 is 0 Å². The van der Waals surface area contributed by atoms with Crippen LogP contribution in [0, 0.1) is 0 Å². The standard InChI is InChI=1S/C30H19N5/c1-2-9-20(10-3-1)21-17-18-28-33-30(34-35(28)19-21)27-16-8-15-26(31-27)29-24-13-5-4-11-22(24)23-12-6-7-14-25(23)32-29/h1-19H. The van der Waals surface area contributed by atoms with Crippen molar-refractivity contribution >= 4 is 27.3 Å². The third-order valence-electron chi connectivity index (χ3n) is 6.27. The molecule has 0 saturated carbocycles. The van der Waals surface area contributed by atoms with E-state index < -0.39 is 0 Å². The first kappa shape index (κ1) is 19.6. The number of fused-ring (bicyclic) bond motifs is 4. The lowest BCUT2D eigenvalue weighted by molar-refractivity contribution is 0.963. The van der Waals surface area contributed by atoms with E-state index in [1.54, 1.807) is 0 Å². The number of benzene rings is 3. The van der Waals surface area contributed by atoms with Crippen molar-refractivity contribution in [2.45, 2.75) is 0 Å². The van der Waals surface area contributed by atoms with Gasteiger partial charge < -0.3 is 0 Å². The maximum Gasteiger partial charge on any atom is 0.200 e. The molecule has 7 rings (SSSR count). The molecule has 0 radical (unpaired) electrons. The monoisotopic (exact) mass is 449 g/mol. The second-order valence-electron chi connectivity index (χ2n) is 8.45. The predicted octanol–water partition coefficient (Wildman–Crippen LogP) is 6.83. The van der Waals surface area contributed by atoms with Crippen molar-refractivity contribution in [2.24, 2.45) is 0 Å². The highest BCUT2D eigenvalue weighted by Gasteiger charge is 2.14. The van der Waals surface area contributed by atoms with Gasteiger partial charge in [-0.05, 0) is 41.3 Å². The molecule has 0 aliphatic heterocycles. The molecule has 0 spiro atoms. The van der Waals surface area contributed by atoms with Gasteiger partial charge in [-0.15, -0.1) is 5.10 Å². The Morgan fingerprint density at radius 1 is 0.486 bits per heavy atom. The molecule has 7 aromatic rings. The Hall–Kier alpha value is -4.90. The molecule has 5 heteroatoms. The minimum atomic E-state index is 0.585. The van der Waals surface area contributed by atoms with E-state index in [2.05, 4.69) is 42.5 Å². The van der Waals surface area contributed by atoms with Crippen molar-refractivity contribution in [2.75, 3.05) is 0 Å². The highest BCUT2D eigenvalue weighted by atomic mass is 15.3. The van der Waals surface area contributed by atoms with E-state index in [1.807, 2.05) is 77.4 Å². The van der Waals surface area contributed by atoms with Crippen LogP contribution in [0.1, 0.15) is 0 Å². The van der Waals surface area contributed by atoms with Gasteiger partial charge in [0.1, 0.15) is 5.69 Å². The molecule has 5 nitrogen and oxygen atoms in total. The highest BCUT2D eigenvalue weighted by Crippen LogP contribution is 2.32. The molecule has 0 N–H and O–H groups in total. The summed E-state index contributed by atoms with van der Waals surface area (Å²) in [7, 11) is 0. The first-order valence-electron chi connectivity index (χ1n) is 11.5. The van der Waals surface area contributed by atoms with Crippen LogP contribution in [0.2, 0.25) is 0 Å². The molecule has 0 amide bonds. The molecule has 0 aliphatic rings. The maximum atomic E-state index is 4.99. The Morgan fingerprint density at radius 2 is 1.23 bits per heavy atom. The Labute approximate surface area is 201 Å². The quantitative estimate of drug-likeness (QED) is 0.278. The molecular formula is C30H19N5. The van der Waals surface area contributed by atoms with E-state index in [4.69, 9.17) is 20.1 Å². The van der Waals surface area contributed by atoms with Crippen LogP contribution in [-0.4, -0.2) is 24.6 Å². The van der Waals surface area contributed by atoms with Crippen LogP contribution in [0.15, 0.2) is 115 Å². The minimum absolute atomic E-state index is 0.585. The Bertz CT molecular complexity index is 1850. The summed E-state index contributed by atoms with van der Waals surface area (Å²) in [5, 5.41) is 8.12. The third kappa shape index (κ3) is 3.33. The summed E-state index contributed by atoms with van der Waals surface area (Å²) in [5.74, 6) is 0.585. The molecule has 3 aromatic carbocycles. The zero-order valence-electron chi connectivity index (χ0n) is 18.7. The van der Waals surface area contributed by atoms with Crippen molar-refractivity contribution in [3.8, 4) is 34.0 Å². The summed E-state index contributed by atoms with van der Waals surface area (Å²) < 4.78 is 1.82. The van der Waals surface area contributed by atoms with Gasteiger partial charge in [-0.2, -0.15) is 0 Å². The van der Waals surface area contributed by atoms with E-state index in [1.165, 1.54) is 5.39 Å². The summed E-state index contributed by atoms with van der Waals surface area (Å²) in [5.41, 5.74) is 6.33. The first-order chi connectivity index (χ1) is 17.3. The molecule has 0 fully saturated rings. The van der Waals surface area contributed by atoms with Gasteiger partial charge in [0.05, 0.1) is 16.9 Å². The highest BCUT2D eigenvalue weighted by molar-refractivity contribution is 6.10. The van der Waals surface area contributed by atoms with Gasteiger partial charge in [0.25, 0.3) is 0 Å². The number of rotatable bonds is 3. The molecule has 0 bridgehead atoms. The first-order valence-corrected chi connectivity index (χ1v) is 11.5. The molecular weight excluding hydrogens is 430 g/mol. The molecule has 0 aliphatic carbocycles. The fourth-order valence-corrected chi connectivity index (χ4v) is 4.58. The van der Waals surface area contributed by atoms with E-state index in [0.29, 0.717) is 11.5 Å². The summed E-state index contributed by atoms with van der Waals surface area (Å²) in [6, 6.07) is 36.8. The summed E-state index contributed by atoms with van der Waals surface area (Å²) in [6.07, 6.45) is 2.00. The van der Waals surface area contributed by atoms with Crippen molar-refractivity contribution in [3.05, 3.63) is 115 Å². The average Bonchev–Trinajstić information content (AvgIpc) is 3.37. The second kappa shape index (κ2) is 7.85. The van der Waals surface area contributed by atoms with Crippen LogP contribution in [-0.2, 0) is 0 Å². The van der Waals surface area contributed by atoms with E-state index in [0.717, 1.165) is 44.5 Å². The van der Waals surface area contributed by atoms with Crippen LogP contribution < -0.4 is 0 Å². The van der Waals surface area contributed by atoms with Crippen molar-refractivity contribution in [1.82, 2.24) is 24.6 Å². The number of para-hydroxylation sites is 1. The molecule has 35 heavy (non-hydrogen) atoms. The minimum Gasteiger partial charge on any atom is -0.245 e. The number of aromatic nitrogens is 5. The van der Waals surface area contributed by atoms with Crippen LogP contribution in [0.3, 0.4) is 0 Å². The van der Waals surface area contributed by atoms with E-state index in [9.17, 15) is 0 Å². The van der Waals surface area contributed by atoms with Gasteiger partial charge in [0, 0.05) is 22.5 Å². The van der Waals surface area contributed by atoms with Gasteiger partial charge in [0.2, 0.25) is 5.82 Å². The molecule has 0 unspecified atom stereocenters. The van der Waals surface area contributed by atoms with Crippen LogP contribution in [0.4, 0.5) is 0 Å². The van der Waals surface area contributed by atoms with Gasteiger partial charge in [-0.3, -0.25) is 0 Å².